The second-order valence-electron chi connectivity index (χ2n) is 10.5. The van der Waals surface area contributed by atoms with Crippen LogP contribution in [0.15, 0.2) is 54.6 Å². The molecule has 0 spiro atoms. The molecule has 0 fully saturated rings. The van der Waals surface area contributed by atoms with E-state index in [1.807, 2.05) is 36.4 Å². The van der Waals surface area contributed by atoms with Crippen LogP contribution in [-0.4, -0.2) is 11.6 Å². The number of rotatable bonds is 3. The van der Waals surface area contributed by atoms with Gasteiger partial charge in [-0.2, -0.15) is 10.5 Å². The number of carbonyl (C=O) groups is 2. The number of nitriles is 2. The highest BCUT2D eigenvalue weighted by atomic mass is 16.5. The van der Waals surface area contributed by atoms with Crippen molar-refractivity contribution in [3.63, 3.8) is 0 Å². The molecule has 1 heterocycles. The summed E-state index contributed by atoms with van der Waals surface area (Å²) in [6.07, 6.45) is 0. The molecule has 4 aromatic rings. The van der Waals surface area contributed by atoms with Crippen LogP contribution in [0.3, 0.4) is 0 Å². The molecule has 0 N–H and O–H groups in total. The van der Waals surface area contributed by atoms with Crippen molar-refractivity contribution < 1.29 is 14.3 Å². The van der Waals surface area contributed by atoms with E-state index < -0.39 is 5.92 Å². The van der Waals surface area contributed by atoms with Crippen LogP contribution in [0.4, 0.5) is 0 Å². The van der Waals surface area contributed by atoms with Gasteiger partial charge in [-0.3, -0.25) is 9.59 Å². The first-order valence-corrected chi connectivity index (χ1v) is 12.7. The molecule has 1 aliphatic heterocycles. The highest BCUT2D eigenvalue weighted by Gasteiger charge is 2.42. The fourth-order valence-corrected chi connectivity index (χ4v) is 6.06. The van der Waals surface area contributed by atoms with E-state index in [1.54, 1.807) is 18.2 Å². The Labute approximate surface area is 220 Å². The molecular formula is C33H24N2O3. The first-order valence-electron chi connectivity index (χ1n) is 12.7. The SMILES string of the molecule is CC(C)c1cccc(C(C)C)c1C1C(=O)c2cc(C#N)c3c4c(c(C#N)cc(c24)C1=O)-c1ccccc1O3. The summed E-state index contributed by atoms with van der Waals surface area (Å²) >= 11 is 0. The van der Waals surface area contributed by atoms with Gasteiger partial charge >= 0.3 is 0 Å². The van der Waals surface area contributed by atoms with Gasteiger partial charge < -0.3 is 4.74 Å². The molecule has 0 amide bonds. The van der Waals surface area contributed by atoms with Crippen molar-refractivity contribution in [2.45, 2.75) is 45.4 Å². The zero-order chi connectivity index (χ0) is 26.9. The lowest BCUT2D eigenvalue weighted by Gasteiger charge is -2.31. The smallest absolute Gasteiger partial charge is 0.178 e. The lowest BCUT2D eigenvalue weighted by molar-refractivity contribution is 0.0854. The highest BCUT2D eigenvalue weighted by Crippen LogP contribution is 2.53. The van der Waals surface area contributed by atoms with Crippen molar-refractivity contribution >= 4 is 22.3 Å². The van der Waals surface area contributed by atoms with Crippen molar-refractivity contribution in [1.29, 1.82) is 10.5 Å². The number of carbonyl (C=O) groups excluding carboxylic acids is 2. The van der Waals surface area contributed by atoms with E-state index >= 15 is 0 Å². The maximum atomic E-state index is 14.3. The van der Waals surface area contributed by atoms with Gasteiger partial charge in [0.25, 0.3) is 0 Å². The molecule has 0 radical (unpaired) electrons. The van der Waals surface area contributed by atoms with Crippen LogP contribution in [0.2, 0.25) is 0 Å². The molecule has 5 nitrogen and oxygen atoms in total. The van der Waals surface area contributed by atoms with Crippen LogP contribution in [0.5, 0.6) is 11.5 Å². The predicted molar refractivity (Wildman–Crippen MR) is 145 cm³/mol. The zero-order valence-corrected chi connectivity index (χ0v) is 21.5. The average molecular weight is 497 g/mol. The topological polar surface area (TPSA) is 91.0 Å². The van der Waals surface area contributed by atoms with Crippen LogP contribution in [0, 0.1) is 22.7 Å². The van der Waals surface area contributed by atoms with Crippen molar-refractivity contribution in [2.24, 2.45) is 0 Å². The molecule has 0 saturated heterocycles. The van der Waals surface area contributed by atoms with Gasteiger partial charge in [0.05, 0.1) is 17.2 Å². The number of Topliss-reactive ketones (excluding diaryl/α,β-unsaturated/α-hetero) is 2. The van der Waals surface area contributed by atoms with Crippen molar-refractivity contribution in [3.05, 3.63) is 93.5 Å². The van der Waals surface area contributed by atoms with Crippen LogP contribution in [-0.2, 0) is 0 Å². The van der Waals surface area contributed by atoms with Gasteiger partial charge in [-0.25, -0.2) is 0 Å². The van der Waals surface area contributed by atoms with Gasteiger partial charge in [-0.15, -0.1) is 0 Å². The Bertz CT molecular complexity index is 1770. The predicted octanol–water partition coefficient (Wildman–Crippen LogP) is 7.77. The third-order valence-electron chi connectivity index (χ3n) is 7.73. The molecule has 4 aromatic carbocycles. The number of ketones is 2. The minimum absolute atomic E-state index is 0.0929. The first kappa shape index (κ1) is 23.6. The van der Waals surface area contributed by atoms with E-state index in [0.717, 1.165) is 16.7 Å². The summed E-state index contributed by atoms with van der Waals surface area (Å²) in [6.45, 7) is 8.21. The number of nitrogens with zero attached hydrogens (tertiary/aromatic N) is 2. The number of para-hydroxylation sites is 1. The molecular weight excluding hydrogens is 472 g/mol. The largest absolute Gasteiger partial charge is 0.455 e. The van der Waals surface area contributed by atoms with E-state index in [9.17, 15) is 20.1 Å². The van der Waals surface area contributed by atoms with Crippen LogP contribution in [0.25, 0.3) is 21.9 Å². The van der Waals surface area contributed by atoms with Gasteiger partial charge in [0.15, 0.2) is 17.3 Å². The lowest BCUT2D eigenvalue weighted by Crippen LogP contribution is -2.30. The van der Waals surface area contributed by atoms with Gasteiger partial charge in [-0.1, -0.05) is 64.1 Å². The maximum Gasteiger partial charge on any atom is 0.178 e. The molecule has 1 unspecified atom stereocenters. The van der Waals surface area contributed by atoms with E-state index in [-0.39, 0.29) is 34.7 Å². The normalized spacial score (nSPS) is 15.3. The fourth-order valence-electron chi connectivity index (χ4n) is 6.06. The first-order chi connectivity index (χ1) is 18.3. The van der Waals surface area contributed by atoms with Crippen molar-refractivity contribution in [1.82, 2.24) is 0 Å². The zero-order valence-electron chi connectivity index (χ0n) is 21.5. The van der Waals surface area contributed by atoms with Crippen molar-refractivity contribution in [3.8, 4) is 34.8 Å². The molecule has 1 atom stereocenters. The van der Waals surface area contributed by atoms with Gasteiger partial charge in [-0.05, 0) is 46.7 Å². The third-order valence-corrected chi connectivity index (χ3v) is 7.73. The standard InChI is InChI=1S/C33H24N2O3/c1-16(2)20-9-7-10-21(17(3)4)27(20)30-31(36)23-12-18(14-34)26-22-8-5-6-11-25(22)38-33-19(15-35)13-24(32(30)37)28(23)29(26)33/h5-13,16-17,30H,1-4H3. The minimum Gasteiger partial charge on any atom is -0.455 e. The Hall–Kier alpha value is -4.74. The Morgan fingerprint density at radius 3 is 1.89 bits per heavy atom. The number of hydrogen-bond acceptors (Lipinski definition) is 5. The Kier molecular flexibility index (Phi) is 5.23. The van der Waals surface area contributed by atoms with Crippen LogP contribution >= 0.6 is 0 Å². The van der Waals surface area contributed by atoms with Gasteiger partial charge in [0, 0.05) is 33.0 Å². The van der Waals surface area contributed by atoms with Crippen LogP contribution < -0.4 is 4.74 Å². The van der Waals surface area contributed by atoms with E-state index in [2.05, 4.69) is 39.8 Å². The van der Waals surface area contributed by atoms with E-state index in [0.29, 0.717) is 44.3 Å². The minimum atomic E-state index is -1.05. The summed E-state index contributed by atoms with van der Waals surface area (Å²) in [6, 6.07) is 20.9. The summed E-state index contributed by atoms with van der Waals surface area (Å²) in [7, 11) is 0. The quantitative estimate of drug-likeness (QED) is 0.238. The molecule has 2 aliphatic rings. The Morgan fingerprint density at radius 2 is 1.32 bits per heavy atom. The van der Waals surface area contributed by atoms with Gasteiger partial charge in [0.2, 0.25) is 0 Å². The van der Waals surface area contributed by atoms with E-state index in [4.69, 9.17) is 4.74 Å². The molecule has 1 aliphatic carbocycles. The van der Waals surface area contributed by atoms with Crippen molar-refractivity contribution in [2.75, 3.05) is 0 Å². The molecule has 184 valence electrons. The fraction of sp³-hybridized carbons (Fsp3) is 0.212. The molecule has 0 aromatic heterocycles. The molecule has 0 bridgehead atoms. The number of ether oxygens (including phenoxy) is 1. The second-order valence-corrected chi connectivity index (χ2v) is 10.5. The maximum absolute atomic E-state index is 14.3. The summed E-state index contributed by atoms with van der Waals surface area (Å²) in [4.78, 5) is 28.6. The lowest BCUT2D eigenvalue weighted by atomic mass is 9.70. The second kappa shape index (κ2) is 8.40. The summed E-state index contributed by atoms with van der Waals surface area (Å²) in [5.74, 6) is -0.707. The summed E-state index contributed by atoms with van der Waals surface area (Å²) in [5, 5.41) is 21.2. The molecule has 5 heteroatoms. The molecule has 0 saturated carbocycles. The Balaban J connectivity index is 1.74. The summed E-state index contributed by atoms with van der Waals surface area (Å²) in [5.41, 5.74) is 5.09. The summed E-state index contributed by atoms with van der Waals surface area (Å²) < 4.78 is 6.18. The number of benzene rings is 4. The third kappa shape index (κ3) is 3.09. The van der Waals surface area contributed by atoms with Crippen LogP contribution in [0.1, 0.15) is 94.0 Å². The highest BCUT2D eigenvalue weighted by molar-refractivity contribution is 6.34. The van der Waals surface area contributed by atoms with E-state index in [1.165, 1.54) is 0 Å². The monoisotopic (exact) mass is 496 g/mol. The van der Waals surface area contributed by atoms with Gasteiger partial charge in [0.1, 0.15) is 17.7 Å². The molecule has 38 heavy (non-hydrogen) atoms. The number of hydrogen-bond donors (Lipinski definition) is 0. The number of fused-ring (bicyclic) bond motifs is 2. The Morgan fingerprint density at radius 1 is 0.737 bits per heavy atom. The molecule has 6 rings (SSSR count). The average Bonchev–Trinajstić information content (AvgIpc) is 2.92.